The van der Waals surface area contributed by atoms with E-state index in [4.69, 9.17) is 0 Å². The highest BCUT2D eigenvalue weighted by Gasteiger charge is 2.52. The zero-order valence-electron chi connectivity index (χ0n) is 7.12. The fourth-order valence-corrected chi connectivity index (χ4v) is 4.77. The summed E-state index contributed by atoms with van der Waals surface area (Å²) in [6.45, 7) is 0. The molecule has 1 nitrogen and oxygen atoms in total. The molecule has 0 radical (unpaired) electrons. The molecule has 68 valence electrons. The molecule has 0 spiro atoms. The van der Waals surface area contributed by atoms with Gasteiger partial charge in [0.2, 0.25) is 0 Å². The number of aliphatic hydroxyl groups is 1. The van der Waals surface area contributed by atoms with E-state index in [1.54, 1.807) is 0 Å². The van der Waals surface area contributed by atoms with Gasteiger partial charge in [-0.2, -0.15) is 0 Å². The molecule has 0 aromatic heterocycles. The zero-order valence-corrected chi connectivity index (χ0v) is 8.70. The van der Waals surface area contributed by atoms with E-state index in [0.717, 1.165) is 11.8 Å². The van der Waals surface area contributed by atoms with Crippen LogP contribution in [0.1, 0.15) is 25.7 Å². The van der Waals surface area contributed by atoms with Crippen LogP contribution in [-0.2, 0) is 0 Å². The standard InChI is InChI=1S/C10H15BrO/c11-9-6-1-5-2-7(4-6)10(12)8(9)3-5/h5-10,12H,1-4H2/t5?,6?,7?,8?,9-,10+/m1/s1. The van der Waals surface area contributed by atoms with Crippen LogP contribution in [0.4, 0.5) is 0 Å². The summed E-state index contributed by atoms with van der Waals surface area (Å²) >= 11 is 3.76. The molecule has 0 saturated heterocycles. The molecule has 4 aliphatic rings. The smallest absolute Gasteiger partial charge is 0.0607 e. The quantitative estimate of drug-likeness (QED) is 0.633. The molecule has 0 aromatic rings. The predicted molar refractivity (Wildman–Crippen MR) is 51.1 cm³/mol. The SMILES string of the molecule is O[C@H]1C2CC3CC(C2)[C@@H](Br)C1C3. The summed E-state index contributed by atoms with van der Waals surface area (Å²) < 4.78 is 0. The Morgan fingerprint density at radius 3 is 2.58 bits per heavy atom. The van der Waals surface area contributed by atoms with E-state index in [1.165, 1.54) is 25.7 Å². The maximum Gasteiger partial charge on any atom is 0.0607 e. The van der Waals surface area contributed by atoms with Crippen LogP contribution in [-0.4, -0.2) is 16.0 Å². The van der Waals surface area contributed by atoms with Crippen LogP contribution in [0, 0.1) is 23.7 Å². The summed E-state index contributed by atoms with van der Waals surface area (Å²) in [4.78, 5) is 0.625. The maximum atomic E-state index is 9.97. The van der Waals surface area contributed by atoms with Crippen molar-refractivity contribution < 1.29 is 5.11 Å². The number of hydrogen-bond acceptors (Lipinski definition) is 1. The average Bonchev–Trinajstić information content (AvgIpc) is 2.07. The Morgan fingerprint density at radius 1 is 1.00 bits per heavy atom. The molecule has 4 bridgehead atoms. The number of rotatable bonds is 0. The summed E-state index contributed by atoms with van der Waals surface area (Å²) in [6, 6.07) is 0. The first-order valence-electron chi connectivity index (χ1n) is 5.08. The van der Waals surface area contributed by atoms with Gasteiger partial charge in [-0.3, -0.25) is 0 Å². The number of alkyl halides is 1. The zero-order chi connectivity index (χ0) is 8.29. The molecule has 0 amide bonds. The lowest BCUT2D eigenvalue weighted by Crippen LogP contribution is -2.54. The van der Waals surface area contributed by atoms with Gasteiger partial charge in [-0.05, 0) is 49.4 Å². The monoisotopic (exact) mass is 230 g/mol. The van der Waals surface area contributed by atoms with Crippen molar-refractivity contribution in [1.29, 1.82) is 0 Å². The molecular formula is C10H15BrO. The summed E-state index contributed by atoms with van der Waals surface area (Å²) in [7, 11) is 0. The Kier molecular flexibility index (Phi) is 1.61. The summed E-state index contributed by atoms with van der Waals surface area (Å²) in [5.74, 6) is 3.08. The molecule has 0 aliphatic heterocycles. The van der Waals surface area contributed by atoms with Crippen molar-refractivity contribution in [2.24, 2.45) is 23.7 Å². The van der Waals surface area contributed by atoms with E-state index >= 15 is 0 Å². The topological polar surface area (TPSA) is 20.2 Å². The Bertz CT molecular complexity index is 188. The molecule has 4 unspecified atom stereocenters. The number of halogens is 1. The van der Waals surface area contributed by atoms with Crippen molar-refractivity contribution >= 4 is 15.9 Å². The highest BCUT2D eigenvalue weighted by atomic mass is 79.9. The molecule has 1 N–H and O–H groups in total. The van der Waals surface area contributed by atoms with Gasteiger partial charge in [-0.25, -0.2) is 0 Å². The van der Waals surface area contributed by atoms with Crippen LogP contribution in [0.15, 0.2) is 0 Å². The van der Waals surface area contributed by atoms with Gasteiger partial charge < -0.3 is 5.11 Å². The van der Waals surface area contributed by atoms with Crippen molar-refractivity contribution in [3.63, 3.8) is 0 Å². The van der Waals surface area contributed by atoms with E-state index in [9.17, 15) is 5.11 Å². The van der Waals surface area contributed by atoms with Gasteiger partial charge in [-0.15, -0.1) is 0 Å². The van der Waals surface area contributed by atoms with Crippen LogP contribution in [0.5, 0.6) is 0 Å². The molecule has 0 aromatic carbocycles. The van der Waals surface area contributed by atoms with Gasteiger partial charge in [0.1, 0.15) is 0 Å². The third kappa shape index (κ3) is 0.884. The van der Waals surface area contributed by atoms with Crippen molar-refractivity contribution in [1.82, 2.24) is 0 Å². The van der Waals surface area contributed by atoms with Gasteiger partial charge in [0.25, 0.3) is 0 Å². The summed E-state index contributed by atoms with van der Waals surface area (Å²) in [5, 5.41) is 9.97. The van der Waals surface area contributed by atoms with Crippen molar-refractivity contribution in [3.8, 4) is 0 Å². The fourth-order valence-electron chi connectivity index (χ4n) is 3.81. The average molecular weight is 231 g/mol. The first-order valence-corrected chi connectivity index (χ1v) is 5.99. The third-order valence-electron chi connectivity index (χ3n) is 4.26. The highest BCUT2D eigenvalue weighted by molar-refractivity contribution is 9.09. The van der Waals surface area contributed by atoms with Crippen LogP contribution >= 0.6 is 15.9 Å². The van der Waals surface area contributed by atoms with Crippen LogP contribution in [0.2, 0.25) is 0 Å². The molecule has 0 heterocycles. The Balaban J connectivity index is 1.93. The predicted octanol–water partition coefficient (Wildman–Crippen LogP) is 2.18. The number of hydrogen-bond donors (Lipinski definition) is 1. The fraction of sp³-hybridized carbons (Fsp3) is 1.00. The molecule has 4 rings (SSSR count). The van der Waals surface area contributed by atoms with Gasteiger partial charge >= 0.3 is 0 Å². The second kappa shape index (κ2) is 2.48. The van der Waals surface area contributed by atoms with Crippen molar-refractivity contribution in [3.05, 3.63) is 0 Å². The van der Waals surface area contributed by atoms with E-state index in [-0.39, 0.29) is 6.10 Å². The van der Waals surface area contributed by atoms with Crippen LogP contribution < -0.4 is 0 Å². The van der Waals surface area contributed by atoms with Gasteiger partial charge in [0, 0.05) is 4.83 Å². The number of aliphatic hydroxyl groups excluding tert-OH is 1. The third-order valence-corrected chi connectivity index (χ3v) is 5.69. The molecule has 6 atom stereocenters. The minimum Gasteiger partial charge on any atom is -0.393 e. The lowest BCUT2D eigenvalue weighted by Gasteiger charge is -2.55. The van der Waals surface area contributed by atoms with Crippen molar-refractivity contribution in [2.75, 3.05) is 0 Å². The van der Waals surface area contributed by atoms with E-state index < -0.39 is 0 Å². The minimum atomic E-state index is 0.0159. The van der Waals surface area contributed by atoms with Crippen molar-refractivity contribution in [2.45, 2.75) is 36.6 Å². The molecule has 4 saturated carbocycles. The van der Waals surface area contributed by atoms with E-state index in [2.05, 4.69) is 15.9 Å². The molecule has 2 heteroatoms. The normalized spacial score (nSPS) is 62.5. The first kappa shape index (κ1) is 7.81. The lowest BCUT2D eigenvalue weighted by molar-refractivity contribution is -0.0857. The summed E-state index contributed by atoms with van der Waals surface area (Å²) in [6.07, 6.45) is 5.32. The summed E-state index contributed by atoms with van der Waals surface area (Å²) in [5.41, 5.74) is 0. The Hall–Kier alpha value is 0.440. The van der Waals surface area contributed by atoms with Gasteiger partial charge in [0.15, 0.2) is 0 Å². The second-order valence-corrected chi connectivity index (χ2v) is 5.99. The van der Waals surface area contributed by atoms with Gasteiger partial charge in [0.05, 0.1) is 6.10 Å². The highest BCUT2D eigenvalue weighted by Crippen LogP contribution is 2.55. The molecule has 4 aliphatic carbocycles. The minimum absolute atomic E-state index is 0.0159. The lowest BCUT2D eigenvalue weighted by atomic mass is 9.55. The largest absolute Gasteiger partial charge is 0.393 e. The molecule has 4 fully saturated rings. The second-order valence-electron chi connectivity index (χ2n) is 4.93. The Morgan fingerprint density at radius 2 is 1.75 bits per heavy atom. The first-order chi connectivity index (χ1) is 5.75. The molecular weight excluding hydrogens is 216 g/mol. The Labute approximate surface area is 81.7 Å². The molecule has 12 heavy (non-hydrogen) atoms. The maximum absolute atomic E-state index is 9.97. The van der Waals surface area contributed by atoms with Gasteiger partial charge in [-0.1, -0.05) is 15.9 Å². The van der Waals surface area contributed by atoms with Crippen LogP contribution in [0.25, 0.3) is 0 Å². The van der Waals surface area contributed by atoms with Crippen LogP contribution in [0.3, 0.4) is 0 Å². The van der Waals surface area contributed by atoms with E-state index in [0.29, 0.717) is 16.7 Å². The van der Waals surface area contributed by atoms with E-state index in [1.807, 2.05) is 0 Å².